The van der Waals surface area contributed by atoms with Crippen LogP contribution in [0.1, 0.15) is 19.4 Å². The molecule has 0 amide bonds. The second-order valence-electron chi connectivity index (χ2n) is 6.26. The minimum atomic E-state index is -1.93. The van der Waals surface area contributed by atoms with E-state index < -0.39 is 42.8 Å². The Bertz CT molecular complexity index is 534. The van der Waals surface area contributed by atoms with Crippen LogP contribution in [0.25, 0.3) is 0 Å². The summed E-state index contributed by atoms with van der Waals surface area (Å²) in [5, 5.41) is 30.1. The fraction of sp³-hybridized carbons (Fsp3) is 0.625. The minimum Gasteiger partial charge on any atom is -0.394 e. The van der Waals surface area contributed by atoms with Crippen molar-refractivity contribution in [3.8, 4) is 0 Å². The quantitative estimate of drug-likeness (QED) is 0.661. The average molecular weight is 326 g/mol. The van der Waals surface area contributed by atoms with Gasteiger partial charge < -0.3 is 34.3 Å². The molecule has 0 aromatic heterocycles. The lowest BCUT2D eigenvalue weighted by atomic mass is 10.0. The maximum atomic E-state index is 11.0. The summed E-state index contributed by atoms with van der Waals surface area (Å²) >= 11 is 0. The van der Waals surface area contributed by atoms with Gasteiger partial charge in [-0.15, -0.1) is 0 Å². The van der Waals surface area contributed by atoms with Gasteiger partial charge in [0.15, 0.2) is 18.2 Å². The molecule has 2 saturated heterocycles. The van der Waals surface area contributed by atoms with E-state index in [2.05, 4.69) is 0 Å². The van der Waals surface area contributed by atoms with Crippen molar-refractivity contribution >= 4 is 0 Å². The summed E-state index contributed by atoms with van der Waals surface area (Å²) in [6.07, 6.45) is -4.30. The van der Waals surface area contributed by atoms with E-state index in [4.69, 9.17) is 18.9 Å². The van der Waals surface area contributed by atoms with Gasteiger partial charge in [0.1, 0.15) is 12.2 Å². The van der Waals surface area contributed by atoms with Crippen LogP contribution in [0.4, 0.5) is 0 Å². The molecule has 1 unspecified atom stereocenters. The number of fused-ring (bicyclic) bond motifs is 1. The standard InChI is InChI=1S/C16H22O7/c1-15(2)22-13-14(23-15)21-12(11(18)8-17)16(13,19)20-9-10-6-4-3-5-7-10/h3-7,11-14,17-19H,8-9H2,1-2H3/t11-,12-,13+,14?,16+/m1/s1. The topological polar surface area (TPSA) is 97.6 Å². The molecule has 0 bridgehead atoms. The van der Waals surface area contributed by atoms with Crippen molar-refractivity contribution in [1.82, 2.24) is 0 Å². The second kappa shape index (κ2) is 6.10. The Hall–Kier alpha value is -1.06. The molecule has 2 fully saturated rings. The monoisotopic (exact) mass is 326 g/mol. The summed E-state index contributed by atoms with van der Waals surface area (Å²) < 4.78 is 22.5. The number of hydrogen-bond donors (Lipinski definition) is 3. The first kappa shape index (κ1) is 16.8. The molecule has 0 radical (unpaired) electrons. The summed E-state index contributed by atoms with van der Waals surface area (Å²) in [5.74, 6) is -2.87. The number of aliphatic hydroxyl groups is 3. The van der Waals surface area contributed by atoms with E-state index in [1.54, 1.807) is 13.8 Å². The second-order valence-corrected chi connectivity index (χ2v) is 6.26. The van der Waals surface area contributed by atoms with Crippen LogP contribution in [0.5, 0.6) is 0 Å². The van der Waals surface area contributed by atoms with Crippen LogP contribution in [0, 0.1) is 0 Å². The normalized spacial score (nSPS) is 36.8. The minimum absolute atomic E-state index is 0.0996. The fourth-order valence-electron chi connectivity index (χ4n) is 2.91. The van der Waals surface area contributed by atoms with E-state index in [1.807, 2.05) is 30.3 Å². The molecule has 3 N–H and O–H groups in total. The van der Waals surface area contributed by atoms with Gasteiger partial charge in [-0.05, 0) is 19.4 Å². The maximum absolute atomic E-state index is 11.0. The first-order valence-corrected chi connectivity index (χ1v) is 7.56. The van der Waals surface area contributed by atoms with E-state index in [0.717, 1.165) is 5.56 Å². The highest BCUT2D eigenvalue weighted by atomic mass is 16.9. The van der Waals surface area contributed by atoms with Crippen LogP contribution in [0.3, 0.4) is 0 Å². The first-order chi connectivity index (χ1) is 10.9. The molecule has 0 aliphatic carbocycles. The summed E-state index contributed by atoms with van der Waals surface area (Å²) in [7, 11) is 0. The molecule has 5 atom stereocenters. The van der Waals surface area contributed by atoms with Crippen molar-refractivity contribution in [2.24, 2.45) is 0 Å². The number of hydrogen-bond acceptors (Lipinski definition) is 7. The van der Waals surface area contributed by atoms with Gasteiger partial charge in [-0.25, -0.2) is 0 Å². The van der Waals surface area contributed by atoms with Crippen molar-refractivity contribution in [3.05, 3.63) is 35.9 Å². The molecule has 7 nitrogen and oxygen atoms in total. The van der Waals surface area contributed by atoms with Gasteiger partial charge in [-0.2, -0.15) is 0 Å². The molecule has 2 aliphatic heterocycles. The lowest BCUT2D eigenvalue weighted by Crippen LogP contribution is -2.55. The van der Waals surface area contributed by atoms with Crippen LogP contribution >= 0.6 is 0 Å². The van der Waals surface area contributed by atoms with Crippen LogP contribution < -0.4 is 0 Å². The summed E-state index contributed by atoms with van der Waals surface area (Å²) in [5.41, 5.74) is 0.847. The molecule has 1 aromatic rings. The zero-order valence-electron chi connectivity index (χ0n) is 13.1. The predicted octanol–water partition coefficient (Wildman–Crippen LogP) is 0.121. The Balaban J connectivity index is 1.81. The van der Waals surface area contributed by atoms with E-state index in [9.17, 15) is 15.3 Å². The van der Waals surface area contributed by atoms with Gasteiger partial charge in [0.25, 0.3) is 0 Å². The lowest BCUT2D eigenvalue weighted by molar-refractivity contribution is -0.315. The number of ether oxygens (including phenoxy) is 4. The predicted molar refractivity (Wildman–Crippen MR) is 78.0 cm³/mol. The van der Waals surface area contributed by atoms with E-state index in [1.165, 1.54) is 0 Å². The van der Waals surface area contributed by atoms with Crippen LogP contribution in [0.2, 0.25) is 0 Å². The Morgan fingerprint density at radius 1 is 1.22 bits per heavy atom. The van der Waals surface area contributed by atoms with E-state index in [-0.39, 0.29) is 6.61 Å². The largest absolute Gasteiger partial charge is 0.394 e. The highest BCUT2D eigenvalue weighted by Crippen LogP contribution is 2.44. The molecular formula is C16H22O7. The number of rotatable bonds is 5. The molecule has 23 heavy (non-hydrogen) atoms. The third kappa shape index (κ3) is 3.14. The van der Waals surface area contributed by atoms with E-state index in [0.29, 0.717) is 0 Å². The molecule has 1 aromatic carbocycles. The molecule has 2 heterocycles. The van der Waals surface area contributed by atoms with Crippen LogP contribution in [0.15, 0.2) is 30.3 Å². The zero-order valence-corrected chi connectivity index (χ0v) is 13.1. The first-order valence-electron chi connectivity index (χ1n) is 7.56. The molecule has 3 rings (SSSR count). The third-order valence-electron chi connectivity index (χ3n) is 4.00. The molecule has 128 valence electrons. The Morgan fingerprint density at radius 2 is 1.91 bits per heavy atom. The van der Waals surface area contributed by atoms with E-state index >= 15 is 0 Å². The Morgan fingerprint density at radius 3 is 2.57 bits per heavy atom. The lowest BCUT2D eigenvalue weighted by Gasteiger charge is -2.35. The number of benzene rings is 1. The highest BCUT2D eigenvalue weighted by molar-refractivity contribution is 5.14. The van der Waals surface area contributed by atoms with Gasteiger partial charge in [-0.1, -0.05) is 30.3 Å². The van der Waals surface area contributed by atoms with Gasteiger partial charge in [-0.3, -0.25) is 0 Å². The summed E-state index contributed by atoms with van der Waals surface area (Å²) in [6.45, 7) is 2.92. The molecule has 2 aliphatic rings. The molecule has 0 saturated carbocycles. The average Bonchev–Trinajstić information content (AvgIpc) is 2.98. The van der Waals surface area contributed by atoms with Gasteiger partial charge in [0.05, 0.1) is 13.2 Å². The van der Waals surface area contributed by atoms with Crippen molar-refractivity contribution in [3.63, 3.8) is 0 Å². The number of aliphatic hydroxyl groups excluding tert-OH is 2. The summed E-state index contributed by atoms with van der Waals surface area (Å²) in [4.78, 5) is 0. The summed E-state index contributed by atoms with van der Waals surface area (Å²) in [6, 6.07) is 9.29. The van der Waals surface area contributed by atoms with Gasteiger partial charge in [0.2, 0.25) is 5.79 Å². The van der Waals surface area contributed by atoms with Gasteiger partial charge in [0, 0.05) is 0 Å². The van der Waals surface area contributed by atoms with Gasteiger partial charge >= 0.3 is 0 Å². The molecule has 7 heteroatoms. The molecular weight excluding hydrogens is 304 g/mol. The van der Waals surface area contributed by atoms with Crippen molar-refractivity contribution < 1.29 is 34.3 Å². The SMILES string of the molecule is CC1(C)OC2O[C@H]([C@H](O)CO)[C@](O)(OCc3ccccc3)[C@H]2O1. The van der Waals surface area contributed by atoms with Crippen LogP contribution in [-0.4, -0.2) is 58.1 Å². The van der Waals surface area contributed by atoms with Crippen molar-refractivity contribution in [2.45, 2.75) is 56.6 Å². The van der Waals surface area contributed by atoms with Crippen LogP contribution in [-0.2, 0) is 25.6 Å². The highest BCUT2D eigenvalue weighted by Gasteiger charge is 2.65. The fourth-order valence-corrected chi connectivity index (χ4v) is 2.91. The Labute approximate surface area is 134 Å². The van der Waals surface area contributed by atoms with Crippen molar-refractivity contribution in [2.75, 3.05) is 6.61 Å². The Kier molecular flexibility index (Phi) is 4.45. The van der Waals surface area contributed by atoms with Crippen molar-refractivity contribution in [1.29, 1.82) is 0 Å². The third-order valence-corrected chi connectivity index (χ3v) is 4.00. The molecule has 0 spiro atoms. The maximum Gasteiger partial charge on any atom is 0.227 e. The zero-order chi connectivity index (χ0) is 16.7. The smallest absolute Gasteiger partial charge is 0.227 e.